The predicted molar refractivity (Wildman–Crippen MR) is 52.9 cm³/mol. The maximum absolute atomic E-state index is 11.4. The Bertz CT molecular complexity index is 134. The number of carbonyl (C=O) groups is 1. The lowest BCUT2D eigenvalue weighted by atomic mass is 10.5. The summed E-state index contributed by atoms with van der Waals surface area (Å²) in [4.78, 5) is 11.4. The minimum atomic E-state index is -0.134. The summed E-state index contributed by atoms with van der Waals surface area (Å²) in [6.45, 7) is 8.03. The molecule has 0 aromatic heterocycles. The van der Waals surface area contributed by atoms with E-state index in [9.17, 15) is 4.79 Å². The van der Waals surface area contributed by atoms with E-state index >= 15 is 0 Å². The lowest BCUT2D eigenvalue weighted by molar-refractivity contribution is 0.135. The molecule has 2 amide bonds. The van der Waals surface area contributed by atoms with Crippen LogP contribution in [-0.2, 0) is 0 Å². The van der Waals surface area contributed by atoms with Crippen LogP contribution in [0.3, 0.4) is 0 Å². The fraction of sp³-hybridized carbons (Fsp3) is 0.875. The Kier molecular flexibility index (Phi) is 7.33. The molecule has 3 N–H and O–H groups in total. The zero-order valence-electron chi connectivity index (χ0n) is 8.68. The second kappa shape index (κ2) is 7.82. The Morgan fingerprint density at radius 3 is 2.08 bits per heavy atom. The van der Waals surface area contributed by atoms with Crippen molar-refractivity contribution in [2.24, 2.45) is 0 Å². The van der Waals surface area contributed by atoms with E-state index in [-0.39, 0.29) is 6.03 Å². The van der Waals surface area contributed by atoms with Gasteiger partial charge in [-0.25, -0.2) is 15.6 Å². The van der Waals surface area contributed by atoms with Gasteiger partial charge in [0, 0.05) is 19.6 Å². The highest BCUT2D eigenvalue weighted by atomic mass is 16.2. The molecule has 0 bridgehead atoms. The van der Waals surface area contributed by atoms with Crippen LogP contribution in [0.1, 0.15) is 27.2 Å². The van der Waals surface area contributed by atoms with Crippen molar-refractivity contribution in [1.29, 1.82) is 0 Å². The average molecular weight is 188 g/mol. The first-order valence-electron chi connectivity index (χ1n) is 4.81. The highest BCUT2D eigenvalue weighted by Crippen LogP contribution is 1.79. The molecule has 0 atom stereocenters. The smallest absolute Gasteiger partial charge is 0.336 e. The van der Waals surface area contributed by atoms with Crippen molar-refractivity contribution in [3.05, 3.63) is 0 Å². The molecule has 0 radical (unpaired) electrons. The van der Waals surface area contributed by atoms with E-state index < -0.39 is 0 Å². The quantitative estimate of drug-likeness (QED) is 0.531. The van der Waals surface area contributed by atoms with Crippen molar-refractivity contribution >= 4 is 6.03 Å². The molecular formula is C8H20N4O. The summed E-state index contributed by atoms with van der Waals surface area (Å²) in [6.07, 6.45) is 0.942. The Balaban J connectivity index is 3.80. The summed E-state index contributed by atoms with van der Waals surface area (Å²) in [5, 5.41) is 4.15. The van der Waals surface area contributed by atoms with Crippen LogP contribution in [0, 0.1) is 0 Å². The minimum Gasteiger partial charge on any atom is -0.336 e. The Morgan fingerprint density at radius 2 is 1.69 bits per heavy atom. The number of rotatable bonds is 6. The van der Waals surface area contributed by atoms with E-state index in [0.29, 0.717) is 19.6 Å². The molecular weight excluding hydrogens is 168 g/mol. The van der Waals surface area contributed by atoms with Crippen molar-refractivity contribution in [3.8, 4) is 0 Å². The summed E-state index contributed by atoms with van der Waals surface area (Å²) in [5.41, 5.74) is 5.80. The van der Waals surface area contributed by atoms with Gasteiger partial charge < -0.3 is 5.32 Å². The van der Waals surface area contributed by atoms with Crippen molar-refractivity contribution in [3.63, 3.8) is 0 Å². The van der Waals surface area contributed by atoms with Crippen LogP contribution >= 0.6 is 0 Å². The molecule has 0 saturated heterocycles. The standard InChI is InChI=1S/C8H20N4O/c1-4-7-9-8(13)12(10-5-2)11-6-3/h10-11H,4-7H2,1-3H3,(H,9,13). The normalized spacial score (nSPS) is 9.77. The molecule has 0 aromatic rings. The second-order valence-electron chi connectivity index (χ2n) is 2.59. The zero-order valence-corrected chi connectivity index (χ0v) is 8.68. The fourth-order valence-electron chi connectivity index (χ4n) is 0.827. The Morgan fingerprint density at radius 1 is 1.15 bits per heavy atom. The molecule has 0 unspecified atom stereocenters. The van der Waals surface area contributed by atoms with Crippen LogP contribution in [0.15, 0.2) is 0 Å². The largest absolute Gasteiger partial charge is 0.346 e. The van der Waals surface area contributed by atoms with Gasteiger partial charge in [-0.3, -0.25) is 0 Å². The van der Waals surface area contributed by atoms with Gasteiger partial charge >= 0.3 is 6.03 Å². The van der Waals surface area contributed by atoms with Crippen molar-refractivity contribution in [1.82, 2.24) is 21.3 Å². The molecule has 0 spiro atoms. The molecule has 5 nitrogen and oxygen atoms in total. The summed E-state index contributed by atoms with van der Waals surface area (Å²) < 4.78 is 0. The maximum atomic E-state index is 11.4. The lowest BCUT2D eigenvalue weighted by Crippen LogP contribution is -2.55. The van der Waals surface area contributed by atoms with E-state index in [4.69, 9.17) is 0 Å². The average Bonchev–Trinajstić information content (AvgIpc) is 2.14. The number of carbonyl (C=O) groups excluding carboxylic acids is 1. The number of hydrogen-bond acceptors (Lipinski definition) is 3. The van der Waals surface area contributed by atoms with Crippen molar-refractivity contribution < 1.29 is 4.79 Å². The third-order valence-corrected chi connectivity index (χ3v) is 1.36. The third-order valence-electron chi connectivity index (χ3n) is 1.36. The molecule has 0 fully saturated rings. The molecule has 5 heteroatoms. The first kappa shape index (κ1) is 12.2. The third kappa shape index (κ3) is 5.43. The van der Waals surface area contributed by atoms with Gasteiger partial charge in [0.2, 0.25) is 0 Å². The first-order valence-corrected chi connectivity index (χ1v) is 4.81. The number of hydrogen-bond donors (Lipinski definition) is 3. The van der Waals surface area contributed by atoms with Gasteiger partial charge in [-0.2, -0.15) is 5.12 Å². The highest BCUT2D eigenvalue weighted by molar-refractivity contribution is 5.73. The first-order chi connectivity index (χ1) is 6.26. The van der Waals surface area contributed by atoms with E-state index in [0.717, 1.165) is 6.42 Å². The van der Waals surface area contributed by atoms with Crippen LogP contribution in [0.4, 0.5) is 4.79 Å². The van der Waals surface area contributed by atoms with Crippen LogP contribution in [0.5, 0.6) is 0 Å². The van der Waals surface area contributed by atoms with Gasteiger partial charge in [-0.05, 0) is 6.42 Å². The Labute approximate surface area is 79.8 Å². The van der Waals surface area contributed by atoms with Crippen molar-refractivity contribution in [2.75, 3.05) is 19.6 Å². The molecule has 0 aliphatic rings. The van der Waals surface area contributed by atoms with Gasteiger partial charge in [0.1, 0.15) is 0 Å². The summed E-state index contributed by atoms with van der Waals surface area (Å²) in [7, 11) is 0. The van der Waals surface area contributed by atoms with E-state index in [1.165, 1.54) is 5.12 Å². The summed E-state index contributed by atoms with van der Waals surface area (Å²) >= 11 is 0. The van der Waals surface area contributed by atoms with Crippen LogP contribution in [0.25, 0.3) is 0 Å². The van der Waals surface area contributed by atoms with Gasteiger partial charge in [-0.15, -0.1) is 0 Å². The molecule has 13 heavy (non-hydrogen) atoms. The van der Waals surface area contributed by atoms with Gasteiger partial charge in [0.05, 0.1) is 0 Å². The number of amides is 2. The van der Waals surface area contributed by atoms with Gasteiger partial charge in [0.25, 0.3) is 0 Å². The van der Waals surface area contributed by atoms with Gasteiger partial charge in [0.15, 0.2) is 0 Å². The van der Waals surface area contributed by atoms with Gasteiger partial charge in [-0.1, -0.05) is 20.8 Å². The van der Waals surface area contributed by atoms with Crippen LogP contribution < -0.4 is 16.2 Å². The topological polar surface area (TPSA) is 56.4 Å². The number of hydrazine groups is 2. The molecule has 0 saturated carbocycles. The second-order valence-corrected chi connectivity index (χ2v) is 2.59. The monoisotopic (exact) mass is 188 g/mol. The van der Waals surface area contributed by atoms with E-state index in [1.54, 1.807) is 0 Å². The van der Waals surface area contributed by atoms with Crippen LogP contribution in [-0.4, -0.2) is 30.8 Å². The molecule has 0 aromatic carbocycles. The fourth-order valence-corrected chi connectivity index (χ4v) is 0.827. The molecule has 0 aliphatic heterocycles. The molecule has 0 rings (SSSR count). The highest BCUT2D eigenvalue weighted by Gasteiger charge is 2.08. The maximum Gasteiger partial charge on any atom is 0.346 e. The van der Waals surface area contributed by atoms with E-state index in [2.05, 4.69) is 16.2 Å². The van der Waals surface area contributed by atoms with E-state index in [1.807, 2.05) is 20.8 Å². The number of urea groups is 1. The van der Waals surface area contributed by atoms with Crippen LogP contribution in [0.2, 0.25) is 0 Å². The number of nitrogens with one attached hydrogen (secondary N) is 3. The predicted octanol–water partition coefficient (Wildman–Crippen LogP) is 0.457. The summed E-state index contributed by atoms with van der Waals surface area (Å²) in [6, 6.07) is -0.134. The summed E-state index contributed by atoms with van der Waals surface area (Å²) in [5.74, 6) is 0. The lowest BCUT2D eigenvalue weighted by Gasteiger charge is -2.22. The molecule has 0 heterocycles. The molecule has 0 aliphatic carbocycles. The minimum absolute atomic E-state index is 0.134. The number of nitrogens with zero attached hydrogens (tertiary/aromatic N) is 1. The SMILES string of the molecule is CCCNC(=O)N(NCC)NCC. The van der Waals surface area contributed by atoms with Crippen molar-refractivity contribution in [2.45, 2.75) is 27.2 Å². The zero-order chi connectivity index (χ0) is 10.1. The molecule has 78 valence electrons. The Hall–Kier alpha value is -0.810.